The maximum absolute atomic E-state index is 12.3. The molecule has 9 heteroatoms. The molecule has 2 aromatic heterocycles. The molecule has 3 aromatic rings. The number of methoxy groups -OCH3 is 1. The number of aromatic nitrogens is 3. The molecule has 1 fully saturated rings. The summed E-state index contributed by atoms with van der Waals surface area (Å²) < 4.78 is 5.15. The molecule has 1 aromatic carbocycles. The number of carbonyl (C=O) groups is 1. The molecular formula is C23H23BrN6O2. The van der Waals surface area contributed by atoms with E-state index in [0.29, 0.717) is 29.7 Å². The summed E-state index contributed by atoms with van der Waals surface area (Å²) in [6.07, 6.45) is 5.66. The van der Waals surface area contributed by atoms with Gasteiger partial charge in [0.25, 0.3) is 0 Å². The molecule has 0 bridgehead atoms. The van der Waals surface area contributed by atoms with Crippen molar-refractivity contribution in [3.63, 3.8) is 0 Å². The molecule has 32 heavy (non-hydrogen) atoms. The van der Waals surface area contributed by atoms with Gasteiger partial charge in [-0.15, -0.1) is 0 Å². The molecule has 0 unspecified atom stereocenters. The highest BCUT2D eigenvalue weighted by molar-refractivity contribution is 9.09. The maximum Gasteiger partial charge on any atom is 0.231 e. The lowest BCUT2D eigenvalue weighted by atomic mass is 10.0. The summed E-state index contributed by atoms with van der Waals surface area (Å²) in [5, 5.41) is 14.5. The molecular weight excluding hydrogens is 472 g/mol. The first kappa shape index (κ1) is 22.0. The number of rotatable bonds is 6. The Morgan fingerprint density at radius 3 is 2.97 bits per heavy atom. The van der Waals surface area contributed by atoms with E-state index in [0.717, 1.165) is 47.2 Å². The predicted molar refractivity (Wildman–Crippen MR) is 126 cm³/mol. The SMILES string of the molecule is COc1ncc(-c2ccc3ncnc(N[C@H]4CCCN(C(=O)CCBr)C4)c3c2)cc1C#N. The zero-order chi connectivity index (χ0) is 22.5. The Kier molecular flexibility index (Phi) is 6.81. The standard InChI is InChI=1S/C23H23BrN6O2/c1-32-23-16(11-25)9-17(12-26-23)15-4-5-20-19(10-15)22(28-14-27-20)29-18-3-2-8-30(13-18)21(31)6-7-24/h4-5,9-10,12,14,18H,2-3,6-8,13H2,1H3,(H,27,28,29)/t18-/m0/s1. The monoisotopic (exact) mass is 494 g/mol. The number of nitrogens with zero attached hydrogens (tertiary/aromatic N) is 5. The number of likely N-dealkylation sites (tertiary alicyclic amines) is 1. The lowest BCUT2D eigenvalue weighted by Gasteiger charge is -2.33. The van der Waals surface area contributed by atoms with Crippen LogP contribution in [0.1, 0.15) is 24.8 Å². The Balaban J connectivity index is 1.62. The van der Waals surface area contributed by atoms with Gasteiger partial charge in [0.2, 0.25) is 11.8 Å². The fourth-order valence-corrected chi connectivity index (χ4v) is 4.30. The van der Waals surface area contributed by atoms with E-state index in [2.05, 4.69) is 42.3 Å². The molecule has 1 N–H and O–H groups in total. The molecule has 0 spiro atoms. The number of alkyl halides is 1. The summed E-state index contributed by atoms with van der Waals surface area (Å²) in [7, 11) is 1.49. The fraction of sp³-hybridized carbons (Fsp3) is 0.348. The third-order valence-electron chi connectivity index (χ3n) is 5.56. The van der Waals surface area contributed by atoms with Crippen LogP contribution >= 0.6 is 15.9 Å². The van der Waals surface area contributed by atoms with Gasteiger partial charge in [-0.05, 0) is 36.6 Å². The number of carbonyl (C=O) groups excluding carboxylic acids is 1. The summed E-state index contributed by atoms with van der Waals surface area (Å²) in [5.74, 6) is 1.21. The molecule has 3 heterocycles. The van der Waals surface area contributed by atoms with Gasteiger partial charge in [-0.3, -0.25) is 4.79 Å². The van der Waals surface area contributed by atoms with Crippen LogP contribution in [0.25, 0.3) is 22.0 Å². The number of pyridine rings is 1. The molecule has 0 saturated carbocycles. The topological polar surface area (TPSA) is 104 Å². The minimum Gasteiger partial charge on any atom is -0.480 e. The number of benzene rings is 1. The van der Waals surface area contributed by atoms with Crippen molar-refractivity contribution in [1.82, 2.24) is 19.9 Å². The van der Waals surface area contributed by atoms with Crippen molar-refractivity contribution in [1.29, 1.82) is 5.26 Å². The van der Waals surface area contributed by atoms with Gasteiger partial charge in [0.15, 0.2) is 0 Å². The third-order valence-corrected chi connectivity index (χ3v) is 5.95. The molecule has 0 aliphatic carbocycles. The Bertz CT molecular complexity index is 1180. The lowest BCUT2D eigenvalue weighted by molar-refractivity contribution is -0.131. The number of anilines is 1. The number of ether oxygens (including phenoxy) is 1. The number of nitriles is 1. The van der Waals surface area contributed by atoms with Gasteiger partial charge in [-0.1, -0.05) is 22.0 Å². The Morgan fingerprint density at radius 1 is 1.31 bits per heavy atom. The number of halogens is 1. The smallest absolute Gasteiger partial charge is 0.231 e. The van der Waals surface area contributed by atoms with Crippen molar-refractivity contribution in [2.75, 3.05) is 30.8 Å². The van der Waals surface area contributed by atoms with Gasteiger partial charge in [0, 0.05) is 48.0 Å². The first-order chi connectivity index (χ1) is 15.6. The Hall–Kier alpha value is -3.25. The zero-order valence-electron chi connectivity index (χ0n) is 17.7. The van der Waals surface area contributed by atoms with Crippen LogP contribution in [0, 0.1) is 11.3 Å². The first-order valence-corrected chi connectivity index (χ1v) is 11.5. The van der Waals surface area contributed by atoms with Crippen LogP contribution < -0.4 is 10.1 Å². The van der Waals surface area contributed by atoms with Crippen LogP contribution in [0.2, 0.25) is 0 Å². The average Bonchev–Trinajstić information content (AvgIpc) is 2.84. The predicted octanol–water partition coefficient (Wildman–Crippen LogP) is 3.76. The van der Waals surface area contributed by atoms with Gasteiger partial charge in [-0.25, -0.2) is 15.0 Å². The van der Waals surface area contributed by atoms with Gasteiger partial charge in [-0.2, -0.15) is 5.26 Å². The maximum atomic E-state index is 12.3. The summed E-state index contributed by atoms with van der Waals surface area (Å²) in [6, 6.07) is 9.89. The minimum absolute atomic E-state index is 0.123. The van der Waals surface area contributed by atoms with Crippen molar-refractivity contribution in [2.24, 2.45) is 0 Å². The second-order valence-corrected chi connectivity index (χ2v) is 8.40. The van der Waals surface area contributed by atoms with Crippen molar-refractivity contribution >= 4 is 38.6 Å². The van der Waals surface area contributed by atoms with Crippen LogP contribution in [-0.4, -0.2) is 57.3 Å². The molecule has 1 aliphatic rings. The molecule has 1 amide bonds. The van der Waals surface area contributed by atoms with Crippen LogP contribution in [0.3, 0.4) is 0 Å². The van der Waals surface area contributed by atoms with Crippen LogP contribution in [0.5, 0.6) is 5.88 Å². The molecule has 1 aliphatic heterocycles. The van der Waals surface area contributed by atoms with E-state index in [1.165, 1.54) is 7.11 Å². The molecule has 1 atom stereocenters. The third kappa shape index (κ3) is 4.65. The second kappa shape index (κ2) is 9.92. The van der Waals surface area contributed by atoms with Gasteiger partial charge >= 0.3 is 0 Å². The van der Waals surface area contributed by atoms with E-state index in [4.69, 9.17) is 4.74 Å². The number of nitrogens with one attached hydrogen (secondary N) is 1. The normalized spacial score (nSPS) is 15.9. The first-order valence-electron chi connectivity index (χ1n) is 10.4. The van der Waals surface area contributed by atoms with E-state index in [-0.39, 0.29) is 11.9 Å². The van der Waals surface area contributed by atoms with E-state index in [1.807, 2.05) is 23.1 Å². The van der Waals surface area contributed by atoms with E-state index >= 15 is 0 Å². The highest BCUT2D eigenvalue weighted by atomic mass is 79.9. The fourth-order valence-electron chi connectivity index (χ4n) is 3.96. The van der Waals surface area contributed by atoms with Crippen molar-refractivity contribution in [3.8, 4) is 23.1 Å². The Morgan fingerprint density at radius 2 is 2.19 bits per heavy atom. The van der Waals surface area contributed by atoms with E-state index in [1.54, 1.807) is 18.6 Å². The molecule has 4 rings (SSSR count). The molecule has 8 nitrogen and oxygen atoms in total. The summed E-state index contributed by atoms with van der Waals surface area (Å²) in [6.45, 7) is 1.45. The number of hydrogen-bond donors (Lipinski definition) is 1. The van der Waals surface area contributed by atoms with Crippen molar-refractivity contribution in [3.05, 3.63) is 42.4 Å². The van der Waals surface area contributed by atoms with Crippen molar-refractivity contribution < 1.29 is 9.53 Å². The highest BCUT2D eigenvalue weighted by Crippen LogP contribution is 2.29. The average molecular weight is 495 g/mol. The van der Waals surface area contributed by atoms with Crippen LogP contribution in [0.4, 0.5) is 5.82 Å². The van der Waals surface area contributed by atoms with Crippen molar-refractivity contribution in [2.45, 2.75) is 25.3 Å². The zero-order valence-corrected chi connectivity index (χ0v) is 19.3. The number of hydrogen-bond acceptors (Lipinski definition) is 7. The number of piperidine rings is 1. The highest BCUT2D eigenvalue weighted by Gasteiger charge is 2.24. The number of fused-ring (bicyclic) bond motifs is 1. The van der Waals surface area contributed by atoms with Gasteiger partial charge in [0.1, 0.15) is 23.8 Å². The second-order valence-electron chi connectivity index (χ2n) is 7.61. The molecule has 0 radical (unpaired) electrons. The molecule has 1 saturated heterocycles. The summed E-state index contributed by atoms with van der Waals surface area (Å²) >= 11 is 3.35. The van der Waals surface area contributed by atoms with E-state index < -0.39 is 0 Å². The van der Waals surface area contributed by atoms with Crippen LogP contribution in [0.15, 0.2) is 36.8 Å². The summed E-state index contributed by atoms with van der Waals surface area (Å²) in [5.41, 5.74) is 2.91. The quantitative estimate of drug-likeness (QED) is 0.520. The summed E-state index contributed by atoms with van der Waals surface area (Å²) in [4.78, 5) is 27.4. The number of amides is 1. The largest absolute Gasteiger partial charge is 0.480 e. The van der Waals surface area contributed by atoms with Gasteiger partial charge < -0.3 is 15.0 Å². The minimum atomic E-state index is 0.123. The molecule has 164 valence electrons. The van der Waals surface area contributed by atoms with Gasteiger partial charge in [0.05, 0.1) is 12.6 Å². The lowest BCUT2D eigenvalue weighted by Crippen LogP contribution is -2.45. The Labute approximate surface area is 194 Å². The van der Waals surface area contributed by atoms with Crippen LogP contribution in [-0.2, 0) is 4.79 Å². The van der Waals surface area contributed by atoms with E-state index in [9.17, 15) is 10.1 Å².